The summed E-state index contributed by atoms with van der Waals surface area (Å²) in [7, 11) is 0. The van der Waals surface area contributed by atoms with E-state index in [1.807, 2.05) is 25.1 Å². The topological polar surface area (TPSA) is 81.5 Å². The van der Waals surface area contributed by atoms with Crippen LogP contribution in [0, 0.1) is 17.0 Å². The number of amides is 1. The van der Waals surface area contributed by atoms with Crippen molar-refractivity contribution in [3.05, 3.63) is 64.2 Å². The van der Waals surface area contributed by atoms with Crippen LogP contribution in [-0.4, -0.2) is 17.4 Å². The number of nitrogens with one attached hydrogen (secondary N) is 1. The molecular weight excluding hydrogens is 272 g/mol. The normalized spacial score (nSPS) is 9.95. The minimum Gasteiger partial charge on any atom is -0.484 e. The second-order valence-corrected chi connectivity index (χ2v) is 4.46. The number of nitro groups is 1. The third kappa shape index (κ3) is 4.31. The molecule has 0 saturated heterocycles. The summed E-state index contributed by atoms with van der Waals surface area (Å²) in [5.41, 5.74) is 1.72. The molecule has 2 aromatic rings. The van der Waals surface area contributed by atoms with Gasteiger partial charge in [0.1, 0.15) is 5.75 Å². The maximum atomic E-state index is 11.7. The Balaban J connectivity index is 1.87. The predicted octanol–water partition coefficient (Wildman–Crippen LogP) is 2.92. The molecule has 0 unspecified atom stereocenters. The maximum absolute atomic E-state index is 11.7. The maximum Gasteiger partial charge on any atom is 0.269 e. The molecule has 1 N–H and O–H groups in total. The highest BCUT2D eigenvalue weighted by molar-refractivity contribution is 5.91. The van der Waals surface area contributed by atoms with Gasteiger partial charge in [0.2, 0.25) is 0 Å². The molecule has 0 bridgehead atoms. The van der Waals surface area contributed by atoms with Crippen molar-refractivity contribution in [2.24, 2.45) is 0 Å². The molecule has 2 aromatic carbocycles. The molecule has 0 radical (unpaired) electrons. The van der Waals surface area contributed by atoms with Crippen molar-refractivity contribution in [2.45, 2.75) is 6.92 Å². The van der Waals surface area contributed by atoms with Crippen molar-refractivity contribution in [1.29, 1.82) is 0 Å². The fraction of sp³-hybridized carbons (Fsp3) is 0.133. The molecule has 0 aromatic heterocycles. The molecule has 6 nitrogen and oxygen atoms in total. The van der Waals surface area contributed by atoms with Crippen molar-refractivity contribution < 1.29 is 14.5 Å². The Bertz CT molecular complexity index is 653. The Hall–Kier alpha value is -2.89. The Morgan fingerprint density at radius 3 is 2.57 bits per heavy atom. The number of benzene rings is 2. The van der Waals surface area contributed by atoms with E-state index in [9.17, 15) is 14.9 Å². The number of nitro benzene ring substituents is 1. The number of aryl methyl sites for hydroxylation is 1. The lowest BCUT2D eigenvalue weighted by atomic mass is 10.2. The molecule has 0 aliphatic carbocycles. The molecule has 108 valence electrons. The standard InChI is InChI=1S/C15H14N2O4/c1-11-3-2-4-12(9-11)16-15(18)10-21-14-7-5-13(6-8-14)17(19)20/h2-9H,10H2,1H3,(H,16,18). The molecule has 2 rings (SSSR count). The van der Waals surface area contributed by atoms with Crippen LogP contribution < -0.4 is 10.1 Å². The molecule has 21 heavy (non-hydrogen) atoms. The van der Waals surface area contributed by atoms with Gasteiger partial charge < -0.3 is 10.1 Å². The Morgan fingerprint density at radius 2 is 1.95 bits per heavy atom. The van der Waals surface area contributed by atoms with Crippen molar-refractivity contribution in [3.63, 3.8) is 0 Å². The van der Waals surface area contributed by atoms with E-state index in [4.69, 9.17) is 4.74 Å². The van der Waals surface area contributed by atoms with E-state index in [-0.39, 0.29) is 18.2 Å². The monoisotopic (exact) mass is 286 g/mol. The smallest absolute Gasteiger partial charge is 0.269 e. The molecule has 0 aliphatic rings. The van der Waals surface area contributed by atoms with Gasteiger partial charge in [-0.2, -0.15) is 0 Å². The van der Waals surface area contributed by atoms with Crippen LogP contribution in [0.1, 0.15) is 5.56 Å². The second kappa shape index (κ2) is 6.51. The molecule has 0 aliphatic heterocycles. The van der Waals surface area contributed by atoms with Crippen LogP contribution in [0.25, 0.3) is 0 Å². The first-order chi connectivity index (χ1) is 10.0. The molecule has 6 heteroatoms. The number of ether oxygens (including phenoxy) is 1. The third-order valence-corrected chi connectivity index (χ3v) is 2.72. The van der Waals surface area contributed by atoms with Crippen molar-refractivity contribution >= 4 is 17.3 Å². The quantitative estimate of drug-likeness (QED) is 0.676. The number of carbonyl (C=O) groups is 1. The van der Waals surface area contributed by atoms with E-state index < -0.39 is 4.92 Å². The summed E-state index contributed by atoms with van der Waals surface area (Å²) in [5, 5.41) is 13.2. The molecule has 0 saturated carbocycles. The van der Waals surface area contributed by atoms with Crippen molar-refractivity contribution in [2.75, 3.05) is 11.9 Å². The molecule has 1 amide bonds. The first-order valence-corrected chi connectivity index (χ1v) is 6.28. The highest BCUT2D eigenvalue weighted by Crippen LogP contribution is 2.17. The predicted molar refractivity (Wildman–Crippen MR) is 78.4 cm³/mol. The van der Waals surface area contributed by atoms with Gasteiger partial charge in [-0.1, -0.05) is 12.1 Å². The van der Waals surface area contributed by atoms with E-state index in [2.05, 4.69) is 5.32 Å². The van der Waals surface area contributed by atoms with Gasteiger partial charge in [-0.05, 0) is 36.8 Å². The third-order valence-electron chi connectivity index (χ3n) is 2.72. The van der Waals surface area contributed by atoms with E-state index in [0.29, 0.717) is 11.4 Å². The first-order valence-electron chi connectivity index (χ1n) is 6.28. The van der Waals surface area contributed by atoms with Crippen LogP contribution in [0.2, 0.25) is 0 Å². The number of hydrogen-bond acceptors (Lipinski definition) is 4. The number of rotatable bonds is 5. The summed E-state index contributed by atoms with van der Waals surface area (Å²) in [5.74, 6) is 0.110. The number of carbonyl (C=O) groups excluding carboxylic acids is 1. The van der Waals surface area contributed by atoms with E-state index in [0.717, 1.165) is 5.56 Å². The lowest BCUT2D eigenvalue weighted by Crippen LogP contribution is -2.20. The molecule has 0 heterocycles. The van der Waals surface area contributed by atoms with Crippen LogP contribution in [0.15, 0.2) is 48.5 Å². The molecular formula is C15H14N2O4. The van der Waals surface area contributed by atoms with Crippen LogP contribution in [-0.2, 0) is 4.79 Å². The van der Waals surface area contributed by atoms with Gasteiger partial charge in [-0.15, -0.1) is 0 Å². The summed E-state index contributed by atoms with van der Waals surface area (Å²) < 4.78 is 5.27. The first kappa shape index (κ1) is 14.5. The van der Waals surface area contributed by atoms with Crippen molar-refractivity contribution in [3.8, 4) is 5.75 Å². The zero-order valence-corrected chi connectivity index (χ0v) is 11.4. The van der Waals surface area contributed by atoms with Gasteiger partial charge in [0, 0.05) is 17.8 Å². The Labute approximate surface area is 121 Å². The van der Waals surface area contributed by atoms with Gasteiger partial charge in [-0.3, -0.25) is 14.9 Å². The summed E-state index contributed by atoms with van der Waals surface area (Å²) in [6.45, 7) is 1.77. The average Bonchev–Trinajstić information content (AvgIpc) is 2.45. The Kier molecular flexibility index (Phi) is 4.50. The molecule has 0 atom stereocenters. The largest absolute Gasteiger partial charge is 0.484 e. The number of nitrogens with zero attached hydrogens (tertiary/aromatic N) is 1. The van der Waals surface area contributed by atoms with Crippen LogP contribution >= 0.6 is 0 Å². The highest BCUT2D eigenvalue weighted by atomic mass is 16.6. The summed E-state index contributed by atoms with van der Waals surface area (Å²) >= 11 is 0. The second-order valence-electron chi connectivity index (χ2n) is 4.46. The zero-order valence-electron chi connectivity index (χ0n) is 11.4. The van der Waals surface area contributed by atoms with Gasteiger partial charge in [0.25, 0.3) is 11.6 Å². The van der Waals surface area contributed by atoms with E-state index in [1.54, 1.807) is 6.07 Å². The fourth-order valence-corrected chi connectivity index (χ4v) is 1.73. The highest BCUT2D eigenvalue weighted by Gasteiger charge is 2.07. The van der Waals surface area contributed by atoms with Gasteiger partial charge in [-0.25, -0.2) is 0 Å². The summed E-state index contributed by atoms with van der Waals surface area (Å²) in [6, 6.07) is 13.0. The number of anilines is 1. The van der Waals surface area contributed by atoms with E-state index in [1.165, 1.54) is 24.3 Å². The SMILES string of the molecule is Cc1cccc(NC(=O)COc2ccc([N+](=O)[O-])cc2)c1. The number of non-ortho nitro benzene ring substituents is 1. The van der Waals surface area contributed by atoms with E-state index >= 15 is 0 Å². The van der Waals surface area contributed by atoms with Crippen LogP contribution in [0.3, 0.4) is 0 Å². The van der Waals surface area contributed by atoms with Gasteiger partial charge in [0.05, 0.1) is 4.92 Å². The number of hydrogen-bond donors (Lipinski definition) is 1. The summed E-state index contributed by atoms with van der Waals surface area (Å²) in [4.78, 5) is 21.7. The summed E-state index contributed by atoms with van der Waals surface area (Å²) in [6.07, 6.45) is 0. The van der Waals surface area contributed by atoms with Crippen LogP contribution in [0.4, 0.5) is 11.4 Å². The average molecular weight is 286 g/mol. The minimum absolute atomic E-state index is 0.0217. The molecule has 0 spiro atoms. The fourth-order valence-electron chi connectivity index (χ4n) is 1.73. The Morgan fingerprint density at radius 1 is 1.24 bits per heavy atom. The van der Waals surface area contributed by atoms with Crippen molar-refractivity contribution in [1.82, 2.24) is 0 Å². The van der Waals surface area contributed by atoms with Gasteiger partial charge >= 0.3 is 0 Å². The zero-order chi connectivity index (χ0) is 15.2. The van der Waals surface area contributed by atoms with Crippen LogP contribution in [0.5, 0.6) is 5.75 Å². The lowest BCUT2D eigenvalue weighted by molar-refractivity contribution is -0.384. The minimum atomic E-state index is -0.492. The van der Waals surface area contributed by atoms with Gasteiger partial charge in [0.15, 0.2) is 6.61 Å². The molecule has 0 fully saturated rings. The lowest BCUT2D eigenvalue weighted by Gasteiger charge is -2.07.